The molecular formula is C15H24N2O2. The average Bonchev–Trinajstić information content (AvgIpc) is 2.42. The predicted octanol–water partition coefficient (Wildman–Crippen LogP) is 1.89. The van der Waals surface area contributed by atoms with E-state index in [2.05, 4.69) is 11.8 Å². The van der Waals surface area contributed by atoms with E-state index in [9.17, 15) is 5.11 Å². The lowest BCUT2D eigenvalue weighted by Gasteiger charge is -2.39. The van der Waals surface area contributed by atoms with Crippen molar-refractivity contribution in [3.63, 3.8) is 0 Å². The SMILES string of the molecule is CCC(c1ccc(O)cc1)N1CCOC(C(C)N)C1. The number of phenolic OH excluding ortho intramolecular Hbond substituents is 1. The third kappa shape index (κ3) is 3.47. The van der Waals surface area contributed by atoms with Crippen molar-refractivity contribution in [2.45, 2.75) is 38.5 Å². The second-order valence-corrected chi connectivity index (χ2v) is 5.28. The van der Waals surface area contributed by atoms with Gasteiger partial charge in [-0.3, -0.25) is 4.90 Å². The van der Waals surface area contributed by atoms with Crippen molar-refractivity contribution in [1.82, 2.24) is 4.90 Å². The number of benzene rings is 1. The van der Waals surface area contributed by atoms with Gasteiger partial charge in [-0.05, 0) is 31.0 Å². The summed E-state index contributed by atoms with van der Waals surface area (Å²) in [7, 11) is 0. The molecule has 1 aliphatic heterocycles. The zero-order valence-corrected chi connectivity index (χ0v) is 11.7. The fraction of sp³-hybridized carbons (Fsp3) is 0.600. The number of hydrogen-bond donors (Lipinski definition) is 2. The number of ether oxygens (including phenoxy) is 1. The molecule has 3 atom stereocenters. The van der Waals surface area contributed by atoms with Crippen LogP contribution in [0.3, 0.4) is 0 Å². The molecule has 3 N–H and O–H groups in total. The lowest BCUT2D eigenvalue weighted by Crippen LogP contribution is -2.50. The van der Waals surface area contributed by atoms with E-state index in [4.69, 9.17) is 10.5 Å². The van der Waals surface area contributed by atoms with E-state index in [0.717, 1.165) is 26.1 Å². The number of nitrogens with two attached hydrogens (primary N) is 1. The first-order chi connectivity index (χ1) is 9.11. The number of phenols is 1. The van der Waals surface area contributed by atoms with Gasteiger partial charge in [0.2, 0.25) is 0 Å². The van der Waals surface area contributed by atoms with Crippen LogP contribution >= 0.6 is 0 Å². The van der Waals surface area contributed by atoms with Crippen LogP contribution in [0.4, 0.5) is 0 Å². The molecule has 1 aliphatic rings. The molecule has 4 heteroatoms. The first kappa shape index (κ1) is 14.3. The lowest BCUT2D eigenvalue weighted by molar-refractivity contribution is -0.0526. The minimum Gasteiger partial charge on any atom is -0.508 e. The number of rotatable bonds is 4. The number of aromatic hydroxyl groups is 1. The Labute approximate surface area is 115 Å². The molecular weight excluding hydrogens is 240 g/mol. The van der Waals surface area contributed by atoms with Crippen LogP contribution < -0.4 is 5.73 Å². The molecule has 0 aromatic heterocycles. The third-order valence-electron chi connectivity index (χ3n) is 3.82. The van der Waals surface area contributed by atoms with Crippen molar-refractivity contribution >= 4 is 0 Å². The van der Waals surface area contributed by atoms with Gasteiger partial charge >= 0.3 is 0 Å². The monoisotopic (exact) mass is 264 g/mol. The summed E-state index contributed by atoms with van der Waals surface area (Å²) in [5, 5.41) is 9.39. The van der Waals surface area contributed by atoms with E-state index in [0.29, 0.717) is 11.8 Å². The molecule has 1 saturated heterocycles. The van der Waals surface area contributed by atoms with Crippen molar-refractivity contribution in [3.05, 3.63) is 29.8 Å². The Balaban J connectivity index is 2.10. The normalized spacial score (nSPS) is 24.1. The van der Waals surface area contributed by atoms with E-state index in [-0.39, 0.29) is 12.1 Å². The molecule has 0 aliphatic carbocycles. The summed E-state index contributed by atoms with van der Waals surface area (Å²) in [4.78, 5) is 2.43. The minimum atomic E-state index is 0.0557. The quantitative estimate of drug-likeness (QED) is 0.872. The standard InChI is InChI=1S/C15H24N2O2/c1-3-14(12-4-6-13(18)7-5-12)17-8-9-19-15(10-17)11(2)16/h4-7,11,14-15,18H,3,8-10,16H2,1-2H3. The summed E-state index contributed by atoms with van der Waals surface area (Å²) in [6, 6.07) is 7.92. The van der Waals surface area contributed by atoms with E-state index >= 15 is 0 Å². The van der Waals surface area contributed by atoms with Crippen molar-refractivity contribution in [1.29, 1.82) is 0 Å². The molecule has 0 saturated carbocycles. The molecule has 0 bridgehead atoms. The fourth-order valence-electron chi connectivity index (χ4n) is 2.70. The summed E-state index contributed by atoms with van der Waals surface area (Å²) in [6.07, 6.45) is 1.15. The van der Waals surface area contributed by atoms with Gasteiger partial charge in [-0.2, -0.15) is 0 Å². The highest BCUT2D eigenvalue weighted by atomic mass is 16.5. The molecule has 1 aromatic carbocycles. The first-order valence-corrected chi connectivity index (χ1v) is 7.02. The molecule has 0 radical (unpaired) electrons. The lowest BCUT2D eigenvalue weighted by atomic mass is 10.0. The topological polar surface area (TPSA) is 58.7 Å². The number of morpholine rings is 1. The van der Waals surface area contributed by atoms with E-state index in [1.54, 1.807) is 12.1 Å². The van der Waals surface area contributed by atoms with Crippen LogP contribution in [0.25, 0.3) is 0 Å². The van der Waals surface area contributed by atoms with Crippen molar-refractivity contribution < 1.29 is 9.84 Å². The van der Waals surface area contributed by atoms with E-state index in [1.165, 1.54) is 5.56 Å². The predicted molar refractivity (Wildman–Crippen MR) is 76.1 cm³/mol. The zero-order chi connectivity index (χ0) is 13.8. The average molecular weight is 264 g/mol. The van der Waals surface area contributed by atoms with Crippen molar-refractivity contribution in [2.24, 2.45) is 5.73 Å². The van der Waals surface area contributed by atoms with Gasteiger partial charge in [0.05, 0.1) is 12.7 Å². The van der Waals surface area contributed by atoms with Gasteiger partial charge in [-0.15, -0.1) is 0 Å². The highest BCUT2D eigenvalue weighted by molar-refractivity contribution is 5.28. The molecule has 1 fully saturated rings. The van der Waals surface area contributed by atoms with Gasteiger partial charge in [0.1, 0.15) is 5.75 Å². The summed E-state index contributed by atoms with van der Waals surface area (Å²) in [6.45, 7) is 6.73. The summed E-state index contributed by atoms with van der Waals surface area (Å²) >= 11 is 0. The summed E-state index contributed by atoms with van der Waals surface area (Å²) in [5.74, 6) is 0.314. The molecule has 106 valence electrons. The van der Waals surface area contributed by atoms with Gasteiger partial charge in [0.25, 0.3) is 0 Å². The van der Waals surface area contributed by atoms with Crippen molar-refractivity contribution in [2.75, 3.05) is 19.7 Å². The van der Waals surface area contributed by atoms with Crippen LogP contribution in [-0.4, -0.2) is 41.8 Å². The van der Waals surface area contributed by atoms with Crippen LogP contribution in [0.2, 0.25) is 0 Å². The van der Waals surface area contributed by atoms with Crippen LogP contribution in [0, 0.1) is 0 Å². The fourth-order valence-corrected chi connectivity index (χ4v) is 2.70. The first-order valence-electron chi connectivity index (χ1n) is 7.02. The zero-order valence-electron chi connectivity index (χ0n) is 11.7. The Bertz CT molecular complexity index is 392. The molecule has 1 aromatic rings. The maximum Gasteiger partial charge on any atom is 0.115 e. The highest BCUT2D eigenvalue weighted by Gasteiger charge is 2.28. The van der Waals surface area contributed by atoms with Crippen LogP contribution in [-0.2, 0) is 4.74 Å². The maximum absolute atomic E-state index is 9.39. The second kappa shape index (κ2) is 6.37. The molecule has 2 rings (SSSR count). The summed E-state index contributed by atoms with van der Waals surface area (Å²) in [5.41, 5.74) is 7.19. The Hall–Kier alpha value is -1.10. The van der Waals surface area contributed by atoms with Crippen molar-refractivity contribution in [3.8, 4) is 5.75 Å². The number of nitrogens with zero attached hydrogens (tertiary/aromatic N) is 1. The van der Waals surface area contributed by atoms with Crippen LogP contribution in [0.1, 0.15) is 31.9 Å². The minimum absolute atomic E-state index is 0.0557. The third-order valence-corrected chi connectivity index (χ3v) is 3.82. The van der Waals surface area contributed by atoms with E-state index in [1.807, 2.05) is 19.1 Å². The Morgan fingerprint density at radius 2 is 2.11 bits per heavy atom. The van der Waals surface area contributed by atoms with Gasteiger partial charge in [-0.1, -0.05) is 19.1 Å². The van der Waals surface area contributed by atoms with Crippen LogP contribution in [0.15, 0.2) is 24.3 Å². The Kier molecular flexibility index (Phi) is 4.80. The number of hydrogen-bond acceptors (Lipinski definition) is 4. The van der Waals surface area contributed by atoms with Crippen LogP contribution in [0.5, 0.6) is 5.75 Å². The Morgan fingerprint density at radius 3 is 2.68 bits per heavy atom. The molecule has 1 heterocycles. The van der Waals surface area contributed by atoms with Gasteiger partial charge in [0.15, 0.2) is 0 Å². The molecule has 3 unspecified atom stereocenters. The smallest absolute Gasteiger partial charge is 0.115 e. The molecule has 0 amide bonds. The second-order valence-electron chi connectivity index (χ2n) is 5.28. The summed E-state index contributed by atoms with van der Waals surface area (Å²) < 4.78 is 5.71. The largest absolute Gasteiger partial charge is 0.508 e. The maximum atomic E-state index is 9.39. The van der Waals surface area contributed by atoms with Gasteiger partial charge in [0, 0.05) is 25.2 Å². The molecule has 0 spiro atoms. The van der Waals surface area contributed by atoms with E-state index < -0.39 is 0 Å². The van der Waals surface area contributed by atoms with Gasteiger partial charge < -0.3 is 15.6 Å². The molecule has 19 heavy (non-hydrogen) atoms. The Morgan fingerprint density at radius 1 is 1.42 bits per heavy atom. The highest BCUT2D eigenvalue weighted by Crippen LogP contribution is 2.27. The van der Waals surface area contributed by atoms with Gasteiger partial charge in [-0.25, -0.2) is 0 Å². The molecule has 4 nitrogen and oxygen atoms in total.